The van der Waals surface area contributed by atoms with Gasteiger partial charge < -0.3 is 9.47 Å². The van der Waals surface area contributed by atoms with E-state index in [1.807, 2.05) is 0 Å². The van der Waals surface area contributed by atoms with Crippen LogP contribution in [-0.4, -0.2) is 18.8 Å². The van der Waals surface area contributed by atoms with Crippen LogP contribution in [0.3, 0.4) is 0 Å². The average Bonchev–Trinajstić information content (AvgIpc) is 2.93. The standard InChI is InChI=1S/C37H58O2/c1-6-7-8-9-10-11-28-38-36-21-19-34(20-22-36)32-15-17-33(18-16-32)35-23-26-37(5,27-24-35)39-29-25-31(4)14-12-13-30(2)3/h15-22,30-31,35H,6-14,23-29H2,1-5H3. The third-order valence-corrected chi connectivity index (χ3v) is 8.92. The van der Waals surface area contributed by atoms with E-state index in [1.165, 1.54) is 100 Å². The van der Waals surface area contributed by atoms with Crippen LogP contribution in [0.4, 0.5) is 0 Å². The maximum Gasteiger partial charge on any atom is 0.119 e. The lowest BCUT2D eigenvalue weighted by molar-refractivity contribution is -0.0632. The van der Waals surface area contributed by atoms with Crippen molar-refractivity contribution in [3.8, 4) is 16.9 Å². The van der Waals surface area contributed by atoms with E-state index in [1.54, 1.807) is 0 Å². The Bertz CT molecular complexity index is 890. The molecule has 0 aliphatic heterocycles. The molecule has 1 aliphatic carbocycles. The first kappa shape index (κ1) is 31.7. The predicted octanol–water partition coefficient (Wildman–Crippen LogP) is 11.4. The van der Waals surface area contributed by atoms with E-state index in [9.17, 15) is 0 Å². The van der Waals surface area contributed by atoms with Gasteiger partial charge in [-0.15, -0.1) is 0 Å². The van der Waals surface area contributed by atoms with Gasteiger partial charge in [-0.3, -0.25) is 0 Å². The van der Waals surface area contributed by atoms with Crippen LogP contribution in [0.25, 0.3) is 11.1 Å². The number of rotatable bonds is 18. The van der Waals surface area contributed by atoms with Gasteiger partial charge in [0.15, 0.2) is 0 Å². The lowest BCUT2D eigenvalue weighted by Gasteiger charge is -2.38. The summed E-state index contributed by atoms with van der Waals surface area (Å²) in [5.41, 5.74) is 4.09. The van der Waals surface area contributed by atoms with Gasteiger partial charge in [0, 0.05) is 6.61 Å². The Morgan fingerprint density at radius 2 is 1.33 bits per heavy atom. The van der Waals surface area contributed by atoms with Crippen molar-refractivity contribution < 1.29 is 9.47 Å². The molecule has 1 saturated carbocycles. The molecular weight excluding hydrogens is 476 g/mol. The molecule has 39 heavy (non-hydrogen) atoms. The van der Waals surface area contributed by atoms with Crippen LogP contribution < -0.4 is 4.74 Å². The molecule has 1 aliphatic rings. The third-order valence-electron chi connectivity index (χ3n) is 8.92. The van der Waals surface area contributed by atoms with Gasteiger partial charge in [-0.25, -0.2) is 0 Å². The number of hydrogen-bond acceptors (Lipinski definition) is 2. The molecule has 0 aromatic heterocycles. The number of ether oxygens (including phenoxy) is 2. The average molecular weight is 535 g/mol. The third kappa shape index (κ3) is 11.7. The summed E-state index contributed by atoms with van der Waals surface area (Å²) in [7, 11) is 0. The molecule has 1 atom stereocenters. The molecule has 3 rings (SSSR count). The fraction of sp³-hybridized carbons (Fsp3) is 0.676. The van der Waals surface area contributed by atoms with Crippen LogP contribution in [0.2, 0.25) is 0 Å². The molecular formula is C37H58O2. The van der Waals surface area contributed by atoms with Gasteiger partial charge in [0.2, 0.25) is 0 Å². The van der Waals surface area contributed by atoms with Crippen molar-refractivity contribution in [2.75, 3.05) is 13.2 Å². The van der Waals surface area contributed by atoms with E-state index in [0.717, 1.165) is 37.2 Å². The largest absolute Gasteiger partial charge is 0.494 e. The molecule has 0 heterocycles. The zero-order valence-electron chi connectivity index (χ0n) is 26.0. The topological polar surface area (TPSA) is 18.5 Å². The lowest BCUT2D eigenvalue weighted by Crippen LogP contribution is -2.34. The number of hydrogen-bond donors (Lipinski definition) is 0. The monoisotopic (exact) mass is 534 g/mol. The molecule has 2 aromatic carbocycles. The Balaban J connectivity index is 1.37. The second-order valence-electron chi connectivity index (χ2n) is 13.1. The normalized spacial score (nSPS) is 20.3. The molecule has 0 radical (unpaired) electrons. The van der Waals surface area contributed by atoms with Gasteiger partial charge >= 0.3 is 0 Å². The minimum atomic E-state index is 0.0625. The van der Waals surface area contributed by atoms with Crippen molar-refractivity contribution in [1.29, 1.82) is 0 Å². The number of benzene rings is 2. The summed E-state index contributed by atoms with van der Waals surface area (Å²) in [5.74, 6) is 3.24. The molecule has 1 fully saturated rings. The molecule has 0 amide bonds. The SMILES string of the molecule is CCCCCCCCOc1ccc(-c2ccc(C3CCC(C)(OCCC(C)CCCC(C)C)CC3)cc2)cc1. The van der Waals surface area contributed by atoms with Crippen LogP contribution in [0, 0.1) is 11.8 Å². The highest BCUT2D eigenvalue weighted by Gasteiger charge is 2.32. The molecule has 2 heteroatoms. The van der Waals surface area contributed by atoms with Crippen molar-refractivity contribution >= 4 is 0 Å². The van der Waals surface area contributed by atoms with Crippen molar-refractivity contribution in [3.63, 3.8) is 0 Å². The fourth-order valence-electron chi connectivity index (χ4n) is 6.00. The summed E-state index contributed by atoms with van der Waals surface area (Å²) in [6, 6.07) is 17.9. The summed E-state index contributed by atoms with van der Waals surface area (Å²) in [6.45, 7) is 13.4. The molecule has 0 spiro atoms. The first-order chi connectivity index (χ1) is 18.9. The molecule has 2 nitrogen and oxygen atoms in total. The van der Waals surface area contributed by atoms with Crippen LogP contribution in [0.15, 0.2) is 48.5 Å². The Morgan fingerprint density at radius 3 is 1.97 bits per heavy atom. The van der Waals surface area contributed by atoms with Crippen LogP contribution in [0.1, 0.15) is 136 Å². The Kier molecular flexibility index (Phi) is 13.9. The molecule has 2 aromatic rings. The number of unbranched alkanes of at least 4 members (excludes halogenated alkanes) is 5. The van der Waals surface area contributed by atoms with Gasteiger partial charge in [0.1, 0.15) is 5.75 Å². The van der Waals surface area contributed by atoms with E-state index in [-0.39, 0.29) is 5.60 Å². The summed E-state index contributed by atoms with van der Waals surface area (Å²) < 4.78 is 12.4. The highest BCUT2D eigenvalue weighted by atomic mass is 16.5. The molecule has 1 unspecified atom stereocenters. The predicted molar refractivity (Wildman–Crippen MR) is 169 cm³/mol. The molecule has 218 valence electrons. The Morgan fingerprint density at radius 1 is 0.718 bits per heavy atom. The highest BCUT2D eigenvalue weighted by molar-refractivity contribution is 5.64. The van der Waals surface area contributed by atoms with Crippen molar-refractivity contribution in [1.82, 2.24) is 0 Å². The van der Waals surface area contributed by atoms with E-state index in [4.69, 9.17) is 9.47 Å². The van der Waals surface area contributed by atoms with Crippen LogP contribution in [-0.2, 0) is 4.74 Å². The second kappa shape index (κ2) is 17.1. The lowest BCUT2D eigenvalue weighted by atomic mass is 9.76. The summed E-state index contributed by atoms with van der Waals surface area (Å²) in [4.78, 5) is 0. The summed E-state index contributed by atoms with van der Waals surface area (Å²) in [6.07, 6.45) is 17.8. The van der Waals surface area contributed by atoms with E-state index in [0.29, 0.717) is 5.92 Å². The van der Waals surface area contributed by atoms with Crippen molar-refractivity contribution in [2.24, 2.45) is 11.8 Å². The first-order valence-electron chi connectivity index (χ1n) is 16.4. The zero-order chi connectivity index (χ0) is 27.9. The summed E-state index contributed by atoms with van der Waals surface area (Å²) in [5, 5.41) is 0. The molecule has 0 bridgehead atoms. The van der Waals surface area contributed by atoms with Gasteiger partial charge in [-0.05, 0) is 92.0 Å². The zero-order valence-corrected chi connectivity index (χ0v) is 26.0. The van der Waals surface area contributed by atoms with E-state index < -0.39 is 0 Å². The van der Waals surface area contributed by atoms with Crippen LogP contribution in [0.5, 0.6) is 5.75 Å². The maximum absolute atomic E-state index is 6.48. The highest BCUT2D eigenvalue weighted by Crippen LogP contribution is 2.40. The smallest absolute Gasteiger partial charge is 0.119 e. The van der Waals surface area contributed by atoms with Crippen molar-refractivity contribution in [3.05, 3.63) is 54.1 Å². The first-order valence-corrected chi connectivity index (χ1v) is 16.4. The fourth-order valence-corrected chi connectivity index (χ4v) is 6.00. The van der Waals surface area contributed by atoms with Crippen LogP contribution >= 0.6 is 0 Å². The van der Waals surface area contributed by atoms with Gasteiger partial charge in [0.05, 0.1) is 12.2 Å². The molecule has 0 saturated heterocycles. The Labute approximate surface area is 241 Å². The van der Waals surface area contributed by atoms with E-state index in [2.05, 4.69) is 83.1 Å². The quantitative estimate of drug-likeness (QED) is 0.177. The Hall–Kier alpha value is -1.80. The van der Waals surface area contributed by atoms with Gasteiger partial charge in [0.25, 0.3) is 0 Å². The van der Waals surface area contributed by atoms with Gasteiger partial charge in [-0.1, -0.05) is 115 Å². The van der Waals surface area contributed by atoms with Crippen molar-refractivity contribution in [2.45, 2.75) is 136 Å². The second-order valence-corrected chi connectivity index (χ2v) is 13.1. The summed E-state index contributed by atoms with van der Waals surface area (Å²) >= 11 is 0. The van der Waals surface area contributed by atoms with Gasteiger partial charge in [-0.2, -0.15) is 0 Å². The molecule has 0 N–H and O–H groups in total. The maximum atomic E-state index is 6.48. The van der Waals surface area contributed by atoms with E-state index >= 15 is 0 Å². The minimum absolute atomic E-state index is 0.0625. The minimum Gasteiger partial charge on any atom is -0.494 e.